The SMILES string of the molecule is [CH2-]CCC1c2ccc(OC)cc2CC1N.[K+]. The fourth-order valence-corrected chi connectivity index (χ4v) is 2.46. The number of benzene rings is 1. The van der Waals surface area contributed by atoms with Gasteiger partial charge in [-0.2, -0.15) is 6.42 Å². The predicted octanol–water partition coefficient (Wildman–Crippen LogP) is -0.720. The van der Waals surface area contributed by atoms with Crippen LogP contribution in [0.5, 0.6) is 5.75 Å². The maximum absolute atomic E-state index is 6.14. The first kappa shape index (κ1) is 14.7. The molecular weight excluding hydrogens is 225 g/mol. The van der Waals surface area contributed by atoms with Crippen LogP contribution < -0.4 is 61.9 Å². The maximum Gasteiger partial charge on any atom is 1.00 e. The Morgan fingerprint density at radius 2 is 2.25 bits per heavy atom. The van der Waals surface area contributed by atoms with Crippen LogP contribution in [0, 0.1) is 6.92 Å². The summed E-state index contributed by atoms with van der Waals surface area (Å²) in [5, 5.41) is 0. The summed E-state index contributed by atoms with van der Waals surface area (Å²) >= 11 is 0. The van der Waals surface area contributed by atoms with Crippen LogP contribution in [0.1, 0.15) is 29.9 Å². The number of methoxy groups -OCH3 is 1. The minimum Gasteiger partial charge on any atom is -0.497 e. The van der Waals surface area contributed by atoms with Crippen molar-refractivity contribution in [3.05, 3.63) is 36.2 Å². The molecule has 2 nitrogen and oxygen atoms in total. The van der Waals surface area contributed by atoms with E-state index in [-0.39, 0.29) is 57.4 Å². The molecule has 82 valence electrons. The summed E-state index contributed by atoms with van der Waals surface area (Å²) in [6, 6.07) is 6.54. The van der Waals surface area contributed by atoms with Gasteiger partial charge in [-0.05, 0) is 35.6 Å². The monoisotopic (exact) mass is 243 g/mol. The molecule has 2 atom stereocenters. The molecule has 1 aliphatic carbocycles. The van der Waals surface area contributed by atoms with Crippen LogP contribution in [0.4, 0.5) is 0 Å². The number of hydrogen-bond donors (Lipinski definition) is 1. The average Bonchev–Trinajstić information content (AvgIpc) is 2.55. The Morgan fingerprint density at radius 3 is 2.88 bits per heavy atom. The van der Waals surface area contributed by atoms with Gasteiger partial charge in [-0.3, -0.25) is 0 Å². The Balaban J connectivity index is 0.00000128. The van der Waals surface area contributed by atoms with E-state index in [0.29, 0.717) is 5.92 Å². The van der Waals surface area contributed by atoms with Crippen LogP contribution in [-0.2, 0) is 6.42 Å². The number of hydrogen-bond acceptors (Lipinski definition) is 2. The average molecular weight is 243 g/mol. The zero-order chi connectivity index (χ0) is 10.8. The summed E-state index contributed by atoms with van der Waals surface area (Å²) in [4.78, 5) is 0. The van der Waals surface area contributed by atoms with E-state index in [1.54, 1.807) is 7.11 Å². The van der Waals surface area contributed by atoms with Crippen LogP contribution in [0.3, 0.4) is 0 Å². The van der Waals surface area contributed by atoms with Gasteiger partial charge in [-0.1, -0.05) is 12.5 Å². The van der Waals surface area contributed by atoms with Gasteiger partial charge in [0.2, 0.25) is 0 Å². The van der Waals surface area contributed by atoms with Crippen molar-refractivity contribution in [3.8, 4) is 5.75 Å². The molecule has 2 N–H and O–H groups in total. The molecule has 2 rings (SSSR count). The van der Waals surface area contributed by atoms with E-state index in [9.17, 15) is 0 Å². The normalized spacial score (nSPS) is 22.4. The van der Waals surface area contributed by atoms with Gasteiger partial charge in [0, 0.05) is 6.04 Å². The van der Waals surface area contributed by atoms with Crippen molar-refractivity contribution in [2.24, 2.45) is 5.73 Å². The van der Waals surface area contributed by atoms with Gasteiger partial charge in [0.1, 0.15) is 5.75 Å². The zero-order valence-electron chi connectivity index (χ0n) is 10.2. The molecule has 0 saturated carbocycles. The topological polar surface area (TPSA) is 35.2 Å². The Bertz CT molecular complexity index is 354. The van der Waals surface area contributed by atoms with Crippen LogP contribution in [0.15, 0.2) is 18.2 Å². The molecule has 16 heavy (non-hydrogen) atoms. The molecule has 0 aliphatic heterocycles. The van der Waals surface area contributed by atoms with Crippen LogP contribution in [0.2, 0.25) is 0 Å². The van der Waals surface area contributed by atoms with E-state index < -0.39 is 0 Å². The third-order valence-electron chi connectivity index (χ3n) is 3.24. The molecule has 0 bridgehead atoms. The molecule has 0 amide bonds. The first-order chi connectivity index (χ1) is 7.26. The molecular formula is C13H18KNO. The second kappa shape index (κ2) is 6.52. The second-order valence-corrected chi connectivity index (χ2v) is 4.18. The third-order valence-corrected chi connectivity index (χ3v) is 3.24. The van der Waals surface area contributed by atoms with Crippen LogP contribution in [0.25, 0.3) is 0 Å². The minimum absolute atomic E-state index is 0. The standard InChI is InChI=1S/C13H18NO.K/c1-3-4-12-11-6-5-10(15-2)7-9(11)8-13(12)14;/h5-7,12-13H,1,3-4,8,14H2,2H3;/q-1;+1. The van der Waals surface area contributed by atoms with E-state index in [0.717, 1.165) is 25.0 Å². The molecule has 0 spiro atoms. The summed E-state index contributed by atoms with van der Waals surface area (Å²) in [6.45, 7) is 3.91. The first-order valence-corrected chi connectivity index (χ1v) is 5.48. The molecule has 0 radical (unpaired) electrons. The van der Waals surface area contributed by atoms with Crippen molar-refractivity contribution >= 4 is 0 Å². The van der Waals surface area contributed by atoms with Gasteiger partial charge in [-0.25, -0.2) is 0 Å². The van der Waals surface area contributed by atoms with Crippen molar-refractivity contribution in [3.63, 3.8) is 0 Å². The Kier molecular flexibility index (Phi) is 5.98. The summed E-state index contributed by atoms with van der Waals surface area (Å²) in [5.74, 6) is 1.42. The minimum atomic E-state index is 0. The van der Waals surface area contributed by atoms with E-state index in [2.05, 4.69) is 19.1 Å². The van der Waals surface area contributed by atoms with Crippen molar-refractivity contribution in [1.82, 2.24) is 0 Å². The quantitative estimate of drug-likeness (QED) is 0.562. The third kappa shape index (κ3) is 2.89. The van der Waals surface area contributed by atoms with E-state index >= 15 is 0 Å². The summed E-state index contributed by atoms with van der Waals surface area (Å²) < 4.78 is 5.22. The number of nitrogens with two attached hydrogens (primary N) is 1. The van der Waals surface area contributed by atoms with Gasteiger partial charge in [0.15, 0.2) is 0 Å². The smallest absolute Gasteiger partial charge is 0.497 e. The summed E-state index contributed by atoms with van der Waals surface area (Å²) in [5.41, 5.74) is 8.88. The predicted molar refractivity (Wildman–Crippen MR) is 62.0 cm³/mol. The molecule has 2 unspecified atom stereocenters. The van der Waals surface area contributed by atoms with Gasteiger partial charge in [0.05, 0.1) is 7.11 Å². The molecule has 0 heterocycles. The molecule has 1 aromatic rings. The first-order valence-electron chi connectivity index (χ1n) is 5.48. The Morgan fingerprint density at radius 1 is 1.50 bits per heavy atom. The molecule has 1 aliphatic rings. The van der Waals surface area contributed by atoms with Gasteiger partial charge in [-0.15, -0.1) is 0 Å². The van der Waals surface area contributed by atoms with E-state index in [4.69, 9.17) is 10.5 Å². The molecule has 1 aromatic carbocycles. The van der Waals surface area contributed by atoms with Crippen LogP contribution >= 0.6 is 0 Å². The summed E-state index contributed by atoms with van der Waals surface area (Å²) in [6.07, 6.45) is 3.00. The Hall–Kier alpha value is 0.616. The second-order valence-electron chi connectivity index (χ2n) is 4.18. The fraction of sp³-hybridized carbons (Fsp3) is 0.462. The fourth-order valence-electron chi connectivity index (χ4n) is 2.46. The van der Waals surface area contributed by atoms with E-state index in [1.807, 2.05) is 6.07 Å². The van der Waals surface area contributed by atoms with Gasteiger partial charge < -0.3 is 17.4 Å². The summed E-state index contributed by atoms with van der Waals surface area (Å²) in [7, 11) is 1.70. The number of ether oxygens (including phenoxy) is 1. The zero-order valence-corrected chi connectivity index (χ0v) is 13.3. The Labute approximate surface area is 140 Å². The largest absolute Gasteiger partial charge is 1.00 e. The van der Waals surface area contributed by atoms with Crippen molar-refractivity contribution in [2.75, 3.05) is 7.11 Å². The van der Waals surface area contributed by atoms with E-state index in [1.165, 1.54) is 11.1 Å². The van der Waals surface area contributed by atoms with Gasteiger partial charge in [0.25, 0.3) is 0 Å². The molecule has 0 aromatic heterocycles. The van der Waals surface area contributed by atoms with Gasteiger partial charge >= 0.3 is 51.4 Å². The number of fused-ring (bicyclic) bond motifs is 1. The van der Waals surface area contributed by atoms with Crippen LogP contribution in [-0.4, -0.2) is 13.2 Å². The number of rotatable bonds is 3. The van der Waals surface area contributed by atoms with Crippen molar-refractivity contribution in [2.45, 2.75) is 31.2 Å². The molecule has 3 heteroatoms. The molecule has 0 fully saturated rings. The maximum atomic E-state index is 6.14. The van der Waals surface area contributed by atoms with Crippen molar-refractivity contribution in [1.29, 1.82) is 0 Å². The molecule has 0 saturated heterocycles. The van der Waals surface area contributed by atoms with Crippen molar-refractivity contribution < 1.29 is 56.1 Å².